The Morgan fingerprint density at radius 3 is 2.67 bits per heavy atom. The maximum Gasteiger partial charge on any atom is 0.354 e. The van der Waals surface area contributed by atoms with Crippen molar-refractivity contribution in [3.8, 4) is 0 Å². The van der Waals surface area contributed by atoms with E-state index in [1.54, 1.807) is 29.9 Å². The Bertz CT molecular complexity index is 983. The number of halogens is 2. The summed E-state index contributed by atoms with van der Waals surface area (Å²) in [5, 5.41) is 20.8. The summed E-state index contributed by atoms with van der Waals surface area (Å²) >= 11 is 9.25. The Morgan fingerprint density at radius 1 is 1.30 bits per heavy atom. The van der Waals surface area contributed by atoms with E-state index in [0.717, 1.165) is 10.2 Å². The number of carbonyl (C=O) groups is 2. The fourth-order valence-corrected chi connectivity index (χ4v) is 3.00. The molecule has 3 aromatic rings. The number of carbonyl (C=O) groups excluding carboxylic acids is 1. The zero-order chi connectivity index (χ0) is 19.6. The van der Waals surface area contributed by atoms with Gasteiger partial charge in [0.15, 0.2) is 5.82 Å². The van der Waals surface area contributed by atoms with Gasteiger partial charge in [-0.15, -0.1) is 0 Å². The first kappa shape index (κ1) is 19.1. The maximum atomic E-state index is 12.5. The van der Waals surface area contributed by atoms with Gasteiger partial charge in [-0.2, -0.15) is 10.2 Å². The van der Waals surface area contributed by atoms with Gasteiger partial charge in [-0.05, 0) is 46.6 Å². The number of hydrogen-bond donors (Lipinski definition) is 2. The van der Waals surface area contributed by atoms with Crippen molar-refractivity contribution in [2.75, 3.05) is 5.32 Å². The third kappa shape index (κ3) is 4.37. The molecule has 27 heavy (non-hydrogen) atoms. The van der Waals surface area contributed by atoms with Crippen LogP contribution in [0.3, 0.4) is 0 Å². The van der Waals surface area contributed by atoms with Crippen LogP contribution in [0.4, 0.5) is 5.82 Å². The Morgan fingerprint density at radius 2 is 2.00 bits per heavy atom. The van der Waals surface area contributed by atoms with Gasteiger partial charge in [-0.3, -0.25) is 9.48 Å². The topological polar surface area (TPSA) is 102 Å². The highest BCUT2D eigenvalue weighted by molar-refractivity contribution is 9.10. The van der Waals surface area contributed by atoms with E-state index in [0.29, 0.717) is 21.9 Å². The number of carboxylic acid groups (broad SMARTS) is 1. The van der Waals surface area contributed by atoms with Crippen LogP contribution in [0.25, 0.3) is 0 Å². The number of benzene rings is 1. The van der Waals surface area contributed by atoms with E-state index in [2.05, 4.69) is 31.4 Å². The fourth-order valence-electron chi connectivity index (χ4n) is 2.46. The van der Waals surface area contributed by atoms with Crippen LogP contribution in [0, 0.1) is 0 Å². The molecule has 1 amide bonds. The monoisotopic (exact) mass is 451 g/mol. The maximum absolute atomic E-state index is 12.5. The predicted octanol–water partition coefficient (Wildman–Crippen LogP) is 3.44. The molecule has 3 rings (SSSR count). The van der Waals surface area contributed by atoms with Gasteiger partial charge in [0.1, 0.15) is 11.7 Å². The summed E-state index contributed by atoms with van der Waals surface area (Å²) in [5.74, 6) is -1.25. The highest BCUT2D eigenvalue weighted by atomic mass is 79.9. The number of amides is 1. The molecule has 1 unspecified atom stereocenters. The lowest BCUT2D eigenvalue weighted by Gasteiger charge is -2.13. The third-order valence-electron chi connectivity index (χ3n) is 3.85. The Balaban J connectivity index is 1.72. The van der Waals surface area contributed by atoms with Crippen LogP contribution in [0.1, 0.15) is 29.0 Å². The molecule has 2 N–H and O–H groups in total. The smallest absolute Gasteiger partial charge is 0.354 e. The minimum Gasteiger partial charge on any atom is -0.477 e. The summed E-state index contributed by atoms with van der Waals surface area (Å²) in [5.41, 5.74) is 0.938. The predicted molar refractivity (Wildman–Crippen MR) is 103 cm³/mol. The molecular weight excluding hydrogens is 438 g/mol. The lowest BCUT2D eigenvalue weighted by atomic mass is 10.2. The van der Waals surface area contributed by atoms with Crippen LogP contribution in [0.5, 0.6) is 0 Å². The van der Waals surface area contributed by atoms with Gasteiger partial charge in [0.25, 0.3) is 0 Å². The normalized spacial score (nSPS) is 12.0. The van der Waals surface area contributed by atoms with Crippen molar-refractivity contribution < 1.29 is 14.7 Å². The first-order valence-electron chi connectivity index (χ1n) is 7.90. The number of hydrogen-bond acceptors (Lipinski definition) is 4. The van der Waals surface area contributed by atoms with Gasteiger partial charge in [-0.1, -0.05) is 23.7 Å². The second kappa shape index (κ2) is 7.93. The number of rotatable bonds is 6. The quantitative estimate of drug-likeness (QED) is 0.596. The van der Waals surface area contributed by atoms with Crippen LogP contribution >= 0.6 is 27.5 Å². The summed E-state index contributed by atoms with van der Waals surface area (Å²) in [7, 11) is 0. The molecule has 0 saturated carbocycles. The number of carboxylic acids is 1. The summed E-state index contributed by atoms with van der Waals surface area (Å²) in [6.45, 7) is 2.07. The van der Waals surface area contributed by atoms with Crippen molar-refractivity contribution in [2.45, 2.75) is 19.5 Å². The van der Waals surface area contributed by atoms with Crippen molar-refractivity contribution in [2.24, 2.45) is 0 Å². The lowest BCUT2D eigenvalue weighted by Crippen LogP contribution is -2.27. The largest absolute Gasteiger partial charge is 0.477 e. The molecule has 1 aromatic carbocycles. The summed E-state index contributed by atoms with van der Waals surface area (Å²) < 4.78 is 3.43. The van der Waals surface area contributed by atoms with E-state index in [1.807, 2.05) is 12.1 Å². The van der Waals surface area contributed by atoms with Gasteiger partial charge in [-0.25, -0.2) is 9.48 Å². The van der Waals surface area contributed by atoms with Crippen molar-refractivity contribution in [1.82, 2.24) is 19.6 Å². The molecule has 8 nitrogen and oxygen atoms in total. The van der Waals surface area contributed by atoms with Crippen LogP contribution in [0.15, 0.2) is 47.2 Å². The summed E-state index contributed by atoms with van der Waals surface area (Å²) in [6.07, 6.45) is 3.08. The van der Waals surface area contributed by atoms with Gasteiger partial charge in [0.2, 0.25) is 5.91 Å². The molecule has 2 heterocycles. The number of nitrogens with zero attached hydrogens (tertiary/aromatic N) is 4. The van der Waals surface area contributed by atoms with Crippen LogP contribution in [-0.2, 0) is 11.3 Å². The Hall–Kier alpha value is -2.65. The van der Waals surface area contributed by atoms with E-state index in [-0.39, 0.29) is 5.69 Å². The molecule has 0 aliphatic carbocycles. The molecule has 1 atom stereocenters. The molecule has 0 fully saturated rings. The lowest BCUT2D eigenvalue weighted by molar-refractivity contribution is -0.119. The zero-order valence-corrected chi connectivity index (χ0v) is 16.5. The molecule has 0 bridgehead atoms. The van der Waals surface area contributed by atoms with Gasteiger partial charge < -0.3 is 10.4 Å². The molecule has 0 aliphatic rings. The van der Waals surface area contributed by atoms with Crippen LogP contribution in [-0.4, -0.2) is 36.5 Å². The SMILES string of the molecule is CC(C(=O)Nc1nn(Cc2ccc(Cl)cc2)cc1Br)n1nccc1C(=O)O. The molecular formula is C17H15BrClN5O3. The van der Waals surface area contributed by atoms with E-state index in [4.69, 9.17) is 16.7 Å². The average molecular weight is 453 g/mol. The number of nitrogens with one attached hydrogen (secondary N) is 1. The molecule has 0 spiro atoms. The highest BCUT2D eigenvalue weighted by Gasteiger charge is 2.22. The van der Waals surface area contributed by atoms with E-state index in [9.17, 15) is 9.59 Å². The fraction of sp³-hybridized carbons (Fsp3) is 0.176. The van der Waals surface area contributed by atoms with Gasteiger partial charge in [0, 0.05) is 17.4 Å². The van der Waals surface area contributed by atoms with Crippen molar-refractivity contribution in [3.63, 3.8) is 0 Å². The second-order valence-electron chi connectivity index (χ2n) is 5.78. The zero-order valence-electron chi connectivity index (χ0n) is 14.1. The minimum absolute atomic E-state index is 0.0648. The second-order valence-corrected chi connectivity index (χ2v) is 7.07. The molecule has 10 heteroatoms. The molecule has 0 radical (unpaired) electrons. The number of aromatic nitrogens is 4. The van der Waals surface area contributed by atoms with Gasteiger partial charge >= 0.3 is 5.97 Å². The van der Waals surface area contributed by atoms with Crippen molar-refractivity contribution in [1.29, 1.82) is 0 Å². The summed E-state index contributed by atoms with van der Waals surface area (Å²) in [6, 6.07) is 7.89. The van der Waals surface area contributed by atoms with E-state index >= 15 is 0 Å². The van der Waals surface area contributed by atoms with Crippen molar-refractivity contribution >= 4 is 45.2 Å². The Kier molecular flexibility index (Phi) is 5.62. The molecule has 140 valence electrons. The first-order chi connectivity index (χ1) is 12.8. The Labute approximate surface area is 167 Å². The number of anilines is 1. The third-order valence-corrected chi connectivity index (χ3v) is 4.68. The molecule has 0 aliphatic heterocycles. The number of aromatic carboxylic acids is 1. The highest BCUT2D eigenvalue weighted by Crippen LogP contribution is 2.22. The van der Waals surface area contributed by atoms with Crippen molar-refractivity contribution in [3.05, 3.63) is 63.5 Å². The average Bonchev–Trinajstić information content (AvgIpc) is 3.23. The van der Waals surface area contributed by atoms with E-state index < -0.39 is 17.9 Å². The molecule has 2 aromatic heterocycles. The van der Waals surface area contributed by atoms with Crippen LogP contribution < -0.4 is 5.32 Å². The minimum atomic E-state index is -1.15. The molecule has 0 saturated heterocycles. The summed E-state index contributed by atoms with van der Waals surface area (Å²) in [4.78, 5) is 23.7. The van der Waals surface area contributed by atoms with Gasteiger partial charge in [0.05, 0.1) is 11.0 Å². The first-order valence-corrected chi connectivity index (χ1v) is 9.07. The van der Waals surface area contributed by atoms with Crippen LogP contribution in [0.2, 0.25) is 5.02 Å². The standard InChI is InChI=1S/C17H15BrClN5O3/c1-10(24-14(17(26)27)6-7-20-24)16(25)21-15-13(18)9-23(22-15)8-11-2-4-12(19)5-3-11/h2-7,9-10H,8H2,1H3,(H,26,27)(H,21,22,25). The van der Waals surface area contributed by atoms with E-state index in [1.165, 1.54) is 12.3 Å².